The lowest BCUT2D eigenvalue weighted by Gasteiger charge is -2.21. The molecule has 2 rings (SSSR count). The maximum Gasteiger partial charge on any atom is 0.119 e. The largest absolute Gasteiger partial charge is 0.493 e. The maximum atomic E-state index is 5.89. The Morgan fingerprint density at radius 2 is 1.73 bits per heavy atom. The second kappa shape index (κ2) is 11.6. The fourth-order valence-corrected chi connectivity index (χ4v) is 2.56. The smallest absolute Gasteiger partial charge is 0.119 e. The molecule has 3 N–H and O–H groups in total. The molecular formula is C21H31N3O2. The minimum Gasteiger partial charge on any atom is -0.493 e. The zero-order valence-corrected chi connectivity index (χ0v) is 16.0. The van der Waals surface area contributed by atoms with E-state index in [1.807, 2.05) is 18.2 Å². The van der Waals surface area contributed by atoms with Gasteiger partial charge in [-0.15, -0.1) is 0 Å². The molecule has 0 aliphatic heterocycles. The Bertz CT molecular complexity index is 620. The van der Waals surface area contributed by atoms with Crippen LogP contribution in [-0.4, -0.2) is 26.8 Å². The summed E-state index contributed by atoms with van der Waals surface area (Å²) in [6.45, 7) is 6.50. The fourth-order valence-electron chi connectivity index (χ4n) is 2.56. The van der Waals surface area contributed by atoms with E-state index < -0.39 is 0 Å². The fraction of sp³-hybridized carbons (Fsp3) is 0.429. The molecule has 0 spiro atoms. The predicted molar refractivity (Wildman–Crippen MR) is 106 cm³/mol. The molecule has 0 aliphatic carbocycles. The van der Waals surface area contributed by atoms with Crippen LogP contribution in [0.15, 0.2) is 54.6 Å². The van der Waals surface area contributed by atoms with E-state index in [1.165, 1.54) is 5.56 Å². The highest BCUT2D eigenvalue weighted by molar-refractivity contribution is 5.36. The molecule has 5 heteroatoms. The van der Waals surface area contributed by atoms with Crippen molar-refractivity contribution in [1.82, 2.24) is 16.3 Å². The van der Waals surface area contributed by atoms with E-state index >= 15 is 0 Å². The molecular weight excluding hydrogens is 326 g/mol. The Morgan fingerprint density at radius 3 is 2.46 bits per heavy atom. The van der Waals surface area contributed by atoms with E-state index in [0.717, 1.165) is 30.9 Å². The topological polar surface area (TPSA) is 54.5 Å². The van der Waals surface area contributed by atoms with Crippen LogP contribution in [0.5, 0.6) is 5.75 Å². The summed E-state index contributed by atoms with van der Waals surface area (Å²) in [5.74, 6) is 1.41. The first kappa shape index (κ1) is 20.4. The molecule has 0 saturated carbocycles. The van der Waals surface area contributed by atoms with E-state index in [0.29, 0.717) is 12.5 Å². The van der Waals surface area contributed by atoms with Gasteiger partial charge in [-0.1, -0.05) is 56.3 Å². The Balaban J connectivity index is 2.05. The quantitative estimate of drug-likeness (QED) is 0.401. The van der Waals surface area contributed by atoms with Crippen molar-refractivity contribution in [2.45, 2.75) is 26.3 Å². The Labute approximate surface area is 157 Å². The lowest BCUT2D eigenvalue weighted by molar-refractivity contribution is 0.0558. The number of hydroxylamine groups is 1. The van der Waals surface area contributed by atoms with Crippen molar-refractivity contribution in [3.63, 3.8) is 0 Å². The highest BCUT2D eigenvalue weighted by Crippen LogP contribution is 2.25. The Kier molecular flexibility index (Phi) is 9.14. The van der Waals surface area contributed by atoms with Gasteiger partial charge in [0.15, 0.2) is 0 Å². The molecule has 2 aromatic carbocycles. The highest BCUT2D eigenvalue weighted by atomic mass is 16.6. The van der Waals surface area contributed by atoms with Gasteiger partial charge in [-0.3, -0.25) is 5.43 Å². The van der Waals surface area contributed by atoms with Gasteiger partial charge in [-0.2, -0.15) is 0 Å². The number of nitrogens with one attached hydrogen (secondary N) is 3. The van der Waals surface area contributed by atoms with Gasteiger partial charge < -0.3 is 9.57 Å². The molecule has 5 nitrogen and oxygen atoms in total. The van der Waals surface area contributed by atoms with Gasteiger partial charge in [-0.05, 0) is 35.6 Å². The van der Waals surface area contributed by atoms with Crippen LogP contribution in [0, 0.1) is 5.92 Å². The van der Waals surface area contributed by atoms with E-state index in [1.54, 1.807) is 7.05 Å². The van der Waals surface area contributed by atoms with E-state index in [-0.39, 0.29) is 6.04 Å². The second-order valence-corrected chi connectivity index (χ2v) is 6.60. The van der Waals surface area contributed by atoms with Crippen molar-refractivity contribution >= 4 is 0 Å². The molecule has 0 amide bonds. The van der Waals surface area contributed by atoms with Crippen LogP contribution in [0.3, 0.4) is 0 Å². The number of hydrogen-bond acceptors (Lipinski definition) is 5. The van der Waals surface area contributed by atoms with E-state index in [2.05, 4.69) is 66.6 Å². The summed E-state index contributed by atoms with van der Waals surface area (Å²) in [5, 5.41) is 0. The molecule has 26 heavy (non-hydrogen) atoms. The average Bonchev–Trinajstić information content (AvgIpc) is 2.67. The minimum absolute atomic E-state index is 0.0454. The van der Waals surface area contributed by atoms with E-state index in [9.17, 15) is 0 Å². The number of hydrogen-bond donors (Lipinski definition) is 3. The minimum atomic E-state index is 0.0454. The number of benzene rings is 2. The third kappa shape index (κ3) is 7.14. The van der Waals surface area contributed by atoms with Crippen LogP contribution < -0.4 is 21.1 Å². The van der Waals surface area contributed by atoms with Gasteiger partial charge >= 0.3 is 0 Å². The van der Waals surface area contributed by atoms with Crippen LogP contribution in [0.25, 0.3) is 0 Å². The van der Waals surface area contributed by atoms with Crippen molar-refractivity contribution < 1.29 is 9.57 Å². The summed E-state index contributed by atoms with van der Waals surface area (Å²) in [6.07, 6.45) is 0.910. The van der Waals surface area contributed by atoms with Crippen molar-refractivity contribution in [1.29, 1.82) is 0 Å². The van der Waals surface area contributed by atoms with Crippen LogP contribution in [0.1, 0.15) is 37.4 Å². The lowest BCUT2D eigenvalue weighted by Crippen LogP contribution is -2.37. The second-order valence-electron chi connectivity index (χ2n) is 6.60. The molecule has 0 aromatic heterocycles. The normalized spacial score (nSPS) is 12.3. The molecule has 0 saturated heterocycles. The molecule has 2 aromatic rings. The Hall–Kier alpha value is -1.92. The van der Waals surface area contributed by atoms with Crippen LogP contribution in [0.4, 0.5) is 0 Å². The van der Waals surface area contributed by atoms with Crippen LogP contribution >= 0.6 is 0 Å². The number of rotatable bonds is 12. The summed E-state index contributed by atoms with van der Waals surface area (Å²) in [4.78, 5) is 5.14. The van der Waals surface area contributed by atoms with Gasteiger partial charge in [0.2, 0.25) is 0 Å². The van der Waals surface area contributed by atoms with E-state index in [4.69, 9.17) is 9.57 Å². The van der Waals surface area contributed by atoms with Gasteiger partial charge in [-0.25, -0.2) is 10.9 Å². The van der Waals surface area contributed by atoms with Gasteiger partial charge in [0.1, 0.15) is 5.75 Å². The molecule has 0 fully saturated rings. The van der Waals surface area contributed by atoms with Crippen LogP contribution in [-0.2, 0) is 4.84 Å². The molecule has 0 bridgehead atoms. The Morgan fingerprint density at radius 1 is 0.962 bits per heavy atom. The first-order chi connectivity index (χ1) is 12.7. The van der Waals surface area contributed by atoms with Crippen molar-refractivity contribution in [3.05, 3.63) is 65.7 Å². The van der Waals surface area contributed by atoms with Gasteiger partial charge in [0, 0.05) is 13.6 Å². The van der Waals surface area contributed by atoms with Crippen LogP contribution in [0.2, 0.25) is 0 Å². The zero-order valence-electron chi connectivity index (χ0n) is 16.0. The standard InChI is InChI=1S/C21H31N3O2/c1-17(2)16-25-20-12-7-11-19(15-20)21(18-9-5-4-6-10-18)24-23-13-8-14-26-22-3/h4-7,9-12,15,17,21-24H,8,13-14,16H2,1-3H3. The van der Waals surface area contributed by atoms with Crippen molar-refractivity contribution in [2.24, 2.45) is 5.92 Å². The van der Waals surface area contributed by atoms with Gasteiger partial charge in [0.25, 0.3) is 0 Å². The summed E-state index contributed by atoms with van der Waals surface area (Å²) in [7, 11) is 1.77. The SMILES string of the molecule is CNOCCCNNC(c1ccccc1)c1cccc(OCC(C)C)c1. The highest BCUT2D eigenvalue weighted by Gasteiger charge is 2.14. The summed E-state index contributed by atoms with van der Waals surface area (Å²) < 4.78 is 5.89. The number of hydrazine groups is 1. The van der Waals surface area contributed by atoms with Crippen molar-refractivity contribution in [2.75, 3.05) is 26.8 Å². The molecule has 142 valence electrons. The summed E-state index contributed by atoms with van der Waals surface area (Å²) in [6, 6.07) is 18.7. The third-order valence-electron chi connectivity index (χ3n) is 3.85. The summed E-state index contributed by atoms with van der Waals surface area (Å²) >= 11 is 0. The molecule has 0 radical (unpaired) electrons. The molecule has 1 unspecified atom stereocenters. The molecule has 1 atom stereocenters. The zero-order chi connectivity index (χ0) is 18.6. The third-order valence-corrected chi connectivity index (χ3v) is 3.85. The first-order valence-electron chi connectivity index (χ1n) is 9.25. The maximum absolute atomic E-state index is 5.89. The first-order valence-corrected chi connectivity index (χ1v) is 9.25. The average molecular weight is 357 g/mol. The monoisotopic (exact) mass is 357 g/mol. The van der Waals surface area contributed by atoms with Gasteiger partial charge in [0.05, 0.1) is 19.3 Å². The lowest BCUT2D eigenvalue weighted by atomic mass is 9.99. The molecule has 0 heterocycles. The van der Waals surface area contributed by atoms with Crippen molar-refractivity contribution in [3.8, 4) is 5.75 Å². The predicted octanol–water partition coefficient (Wildman–Crippen LogP) is 3.45. The number of ether oxygens (including phenoxy) is 1. The summed E-state index contributed by atoms with van der Waals surface area (Å²) in [5.41, 5.74) is 11.8. The molecule has 0 aliphatic rings.